The Morgan fingerprint density at radius 1 is 1.23 bits per heavy atom. The number of ether oxygens (including phenoxy) is 1. The molecule has 0 saturated heterocycles. The highest BCUT2D eigenvalue weighted by Gasteiger charge is 1.99. The molecule has 5 heteroatoms. The van der Waals surface area contributed by atoms with Crippen LogP contribution in [0, 0.1) is 5.82 Å². The van der Waals surface area contributed by atoms with Crippen molar-refractivity contribution in [3.8, 4) is 5.75 Å². The average Bonchev–Trinajstić information content (AvgIpc) is 2.54. The van der Waals surface area contributed by atoms with E-state index in [0.29, 0.717) is 5.56 Å². The summed E-state index contributed by atoms with van der Waals surface area (Å²) in [6.45, 7) is 0.264. The molecule has 0 radical (unpaired) electrons. The number of urea groups is 1. The van der Waals surface area contributed by atoms with Gasteiger partial charge in [-0.2, -0.15) is 0 Å². The molecule has 4 nitrogen and oxygen atoms in total. The maximum absolute atomic E-state index is 13.0. The highest BCUT2D eigenvalue weighted by atomic mass is 19.1. The highest BCUT2D eigenvalue weighted by molar-refractivity contribution is 5.75. The molecule has 22 heavy (non-hydrogen) atoms. The molecular weight excluding hydrogens is 283 g/mol. The van der Waals surface area contributed by atoms with Crippen molar-refractivity contribution < 1.29 is 13.9 Å². The molecule has 0 aliphatic rings. The summed E-state index contributed by atoms with van der Waals surface area (Å²) in [6.07, 6.45) is 3.31. The second-order valence-electron chi connectivity index (χ2n) is 4.56. The standard InChI is InChI=1S/C17H17FN2O2/c1-22-16-7-5-13(6-8-16)9-10-19-17(21)20-12-14-3-2-4-15(18)11-14/h2-11H,12H2,1H3,(H2,19,20,21)/b10-9+. The predicted molar refractivity (Wildman–Crippen MR) is 83.8 cm³/mol. The molecule has 0 aliphatic heterocycles. The second-order valence-corrected chi connectivity index (χ2v) is 4.56. The van der Waals surface area contributed by atoms with E-state index in [4.69, 9.17) is 4.74 Å². The van der Waals surface area contributed by atoms with Gasteiger partial charge in [0, 0.05) is 12.7 Å². The minimum Gasteiger partial charge on any atom is -0.497 e. The van der Waals surface area contributed by atoms with Crippen LogP contribution in [0.4, 0.5) is 9.18 Å². The molecule has 2 aromatic carbocycles. The van der Waals surface area contributed by atoms with Crippen LogP contribution in [0.2, 0.25) is 0 Å². The number of benzene rings is 2. The van der Waals surface area contributed by atoms with Crippen molar-refractivity contribution >= 4 is 12.1 Å². The van der Waals surface area contributed by atoms with E-state index in [-0.39, 0.29) is 18.4 Å². The maximum Gasteiger partial charge on any atom is 0.319 e. The lowest BCUT2D eigenvalue weighted by Gasteiger charge is -2.05. The van der Waals surface area contributed by atoms with E-state index in [0.717, 1.165) is 11.3 Å². The number of rotatable bonds is 5. The first-order valence-electron chi connectivity index (χ1n) is 6.77. The van der Waals surface area contributed by atoms with E-state index in [9.17, 15) is 9.18 Å². The van der Waals surface area contributed by atoms with E-state index in [1.54, 1.807) is 31.5 Å². The van der Waals surface area contributed by atoms with E-state index in [2.05, 4.69) is 10.6 Å². The number of nitrogens with one attached hydrogen (secondary N) is 2. The summed E-state index contributed by atoms with van der Waals surface area (Å²) in [7, 11) is 1.61. The van der Waals surface area contributed by atoms with Gasteiger partial charge in [-0.15, -0.1) is 0 Å². The fourth-order valence-corrected chi connectivity index (χ4v) is 1.81. The molecule has 0 unspecified atom stereocenters. The molecule has 2 amide bonds. The largest absolute Gasteiger partial charge is 0.497 e. The molecule has 0 bridgehead atoms. The number of hydrogen-bond donors (Lipinski definition) is 2. The molecular formula is C17H17FN2O2. The molecule has 0 spiro atoms. The SMILES string of the molecule is COc1ccc(/C=C/NC(=O)NCc2cccc(F)c2)cc1. The number of carbonyl (C=O) groups excluding carboxylic acids is 1. The van der Waals surface area contributed by atoms with Gasteiger partial charge >= 0.3 is 6.03 Å². The van der Waals surface area contributed by atoms with Gasteiger partial charge in [0.2, 0.25) is 0 Å². The third-order valence-electron chi connectivity index (χ3n) is 2.95. The zero-order valence-corrected chi connectivity index (χ0v) is 12.2. The lowest BCUT2D eigenvalue weighted by molar-refractivity contribution is 0.244. The van der Waals surface area contributed by atoms with Gasteiger partial charge in [-0.1, -0.05) is 24.3 Å². The van der Waals surface area contributed by atoms with Gasteiger partial charge in [0.1, 0.15) is 11.6 Å². The van der Waals surface area contributed by atoms with Crippen LogP contribution in [0.25, 0.3) is 6.08 Å². The van der Waals surface area contributed by atoms with Crippen molar-refractivity contribution in [2.75, 3.05) is 7.11 Å². The lowest BCUT2D eigenvalue weighted by Crippen LogP contribution is -2.31. The van der Waals surface area contributed by atoms with E-state index >= 15 is 0 Å². The quantitative estimate of drug-likeness (QED) is 0.890. The fourth-order valence-electron chi connectivity index (χ4n) is 1.81. The number of hydrogen-bond acceptors (Lipinski definition) is 2. The topological polar surface area (TPSA) is 50.4 Å². The molecule has 2 aromatic rings. The van der Waals surface area contributed by atoms with Crippen LogP contribution < -0.4 is 15.4 Å². The Hall–Kier alpha value is -2.82. The second kappa shape index (κ2) is 7.83. The number of halogens is 1. The zero-order chi connectivity index (χ0) is 15.8. The minimum atomic E-state index is -0.353. The molecule has 0 atom stereocenters. The van der Waals surface area contributed by atoms with Gasteiger partial charge in [0.05, 0.1) is 7.11 Å². The summed E-state index contributed by atoms with van der Waals surface area (Å²) in [5, 5.41) is 5.23. The van der Waals surface area contributed by atoms with Crippen LogP contribution in [0.5, 0.6) is 5.75 Å². The molecule has 0 aliphatic carbocycles. The smallest absolute Gasteiger partial charge is 0.319 e. The Balaban J connectivity index is 1.78. The van der Waals surface area contributed by atoms with Gasteiger partial charge in [0.25, 0.3) is 0 Å². The zero-order valence-electron chi connectivity index (χ0n) is 12.2. The summed E-state index contributed by atoms with van der Waals surface area (Å²) >= 11 is 0. The Morgan fingerprint density at radius 2 is 2.00 bits per heavy atom. The Labute approximate surface area is 128 Å². The summed E-state index contributed by atoms with van der Waals surface area (Å²) in [4.78, 5) is 11.6. The Bertz CT molecular complexity index is 654. The molecule has 114 valence electrons. The van der Waals surface area contributed by atoms with Crippen LogP contribution in [0.1, 0.15) is 11.1 Å². The van der Waals surface area contributed by atoms with Crippen LogP contribution in [-0.4, -0.2) is 13.1 Å². The minimum absolute atomic E-state index is 0.264. The van der Waals surface area contributed by atoms with E-state index < -0.39 is 0 Å². The van der Waals surface area contributed by atoms with E-state index in [1.807, 2.05) is 24.3 Å². The van der Waals surface area contributed by atoms with Crippen molar-refractivity contribution in [1.29, 1.82) is 0 Å². The average molecular weight is 300 g/mol. The maximum atomic E-state index is 13.0. The summed E-state index contributed by atoms with van der Waals surface area (Å²) in [5.74, 6) is 0.456. The molecule has 2 rings (SSSR count). The Morgan fingerprint density at radius 3 is 2.68 bits per heavy atom. The highest BCUT2D eigenvalue weighted by Crippen LogP contribution is 2.11. The van der Waals surface area contributed by atoms with Crippen molar-refractivity contribution in [1.82, 2.24) is 10.6 Å². The van der Waals surface area contributed by atoms with Crippen molar-refractivity contribution in [3.63, 3.8) is 0 Å². The summed E-state index contributed by atoms with van der Waals surface area (Å²) in [6, 6.07) is 13.2. The molecule has 0 heterocycles. The van der Waals surface area contributed by atoms with Crippen LogP contribution in [-0.2, 0) is 6.54 Å². The van der Waals surface area contributed by atoms with Crippen molar-refractivity contribution in [3.05, 3.63) is 71.7 Å². The lowest BCUT2D eigenvalue weighted by atomic mass is 10.2. The van der Waals surface area contributed by atoms with Gasteiger partial charge < -0.3 is 15.4 Å². The van der Waals surface area contributed by atoms with Crippen LogP contribution in [0.15, 0.2) is 54.7 Å². The summed E-state index contributed by atoms with van der Waals surface area (Å²) in [5.41, 5.74) is 1.64. The van der Waals surface area contributed by atoms with E-state index in [1.165, 1.54) is 12.1 Å². The van der Waals surface area contributed by atoms with Crippen LogP contribution >= 0.6 is 0 Å². The normalized spacial score (nSPS) is 10.5. The van der Waals surface area contributed by atoms with Gasteiger partial charge in [-0.3, -0.25) is 0 Å². The predicted octanol–water partition coefficient (Wildman–Crippen LogP) is 3.30. The number of methoxy groups -OCH3 is 1. The first kappa shape index (κ1) is 15.6. The molecule has 2 N–H and O–H groups in total. The van der Waals surface area contributed by atoms with Crippen LogP contribution in [0.3, 0.4) is 0 Å². The first-order chi connectivity index (χ1) is 10.7. The molecule has 0 saturated carbocycles. The monoisotopic (exact) mass is 300 g/mol. The van der Waals surface area contributed by atoms with Gasteiger partial charge in [-0.25, -0.2) is 9.18 Å². The van der Waals surface area contributed by atoms with Crippen molar-refractivity contribution in [2.24, 2.45) is 0 Å². The molecule has 0 fully saturated rings. The summed E-state index contributed by atoms with van der Waals surface area (Å²) < 4.78 is 18.1. The van der Waals surface area contributed by atoms with Gasteiger partial charge in [0.15, 0.2) is 0 Å². The third kappa shape index (κ3) is 4.94. The fraction of sp³-hybridized carbons (Fsp3) is 0.118. The van der Waals surface area contributed by atoms with Crippen molar-refractivity contribution in [2.45, 2.75) is 6.54 Å². The molecule has 0 aromatic heterocycles. The number of carbonyl (C=O) groups is 1. The Kier molecular flexibility index (Phi) is 5.54. The first-order valence-corrected chi connectivity index (χ1v) is 6.77. The number of amides is 2. The third-order valence-corrected chi connectivity index (χ3v) is 2.95. The van der Waals surface area contributed by atoms with Gasteiger partial charge in [-0.05, 0) is 41.5 Å².